The zero-order valence-corrected chi connectivity index (χ0v) is 18.9. The number of alkyl halides is 1. The quantitative estimate of drug-likeness (QED) is 0.297. The molecule has 0 aromatic carbocycles. The van der Waals surface area contributed by atoms with Crippen molar-refractivity contribution < 1.29 is 23.9 Å². The zero-order chi connectivity index (χ0) is 23.8. The predicted molar refractivity (Wildman–Crippen MR) is 117 cm³/mol. The Bertz CT molecular complexity index is 946. The molecule has 0 bridgehead atoms. The van der Waals surface area contributed by atoms with E-state index in [1.165, 1.54) is 7.11 Å². The Morgan fingerprint density at radius 2 is 2.00 bits per heavy atom. The van der Waals surface area contributed by atoms with Crippen LogP contribution >= 0.6 is 11.6 Å². The molecule has 0 fully saturated rings. The smallest absolute Gasteiger partial charge is 0.270 e. The maximum absolute atomic E-state index is 12.9. The first kappa shape index (κ1) is 24.9. The second kappa shape index (κ2) is 11.3. The van der Waals surface area contributed by atoms with E-state index in [4.69, 9.17) is 22.1 Å². The number of primary amides is 1. The van der Waals surface area contributed by atoms with Gasteiger partial charge in [-0.15, -0.1) is 11.6 Å². The fourth-order valence-corrected chi connectivity index (χ4v) is 3.06. The number of pyridine rings is 1. The number of methoxy groups -OCH3 is 1. The van der Waals surface area contributed by atoms with Gasteiger partial charge in [0.1, 0.15) is 17.6 Å². The number of rotatable bonds is 10. The van der Waals surface area contributed by atoms with Crippen LogP contribution in [0.5, 0.6) is 5.88 Å². The van der Waals surface area contributed by atoms with Gasteiger partial charge in [-0.1, -0.05) is 13.8 Å². The molecule has 0 spiro atoms. The van der Waals surface area contributed by atoms with Gasteiger partial charge in [-0.05, 0) is 18.4 Å². The normalized spacial score (nSPS) is 11.8. The third-order valence-electron chi connectivity index (χ3n) is 4.49. The number of hydrogen-bond acceptors (Lipinski definition) is 6. The van der Waals surface area contributed by atoms with Crippen molar-refractivity contribution in [3.63, 3.8) is 0 Å². The van der Waals surface area contributed by atoms with Crippen molar-refractivity contribution in [3.8, 4) is 17.1 Å². The maximum Gasteiger partial charge on any atom is 0.270 e. The Kier molecular flexibility index (Phi) is 8.82. The fourth-order valence-electron chi connectivity index (χ4n) is 2.92. The molecule has 5 N–H and O–H groups in total. The first-order chi connectivity index (χ1) is 15.1. The van der Waals surface area contributed by atoms with Gasteiger partial charge < -0.3 is 20.8 Å². The van der Waals surface area contributed by atoms with E-state index in [-0.39, 0.29) is 24.6 Å². The van der Waals surface area contributed by atoms with Crippen LogP contribution in [0.1, 0.15) is 37.2 Å². The Morgan fingerprint density at radius 1 is 1.28 bits per heavy atom. The first-order valence-corrected chi connectivity index (χ1v) is 10.5. The van der Waals surface area contributed by atoms with Crippen LogP contribution in [0.25, 0.3) is 11.3 Å². The number of fused-ring (bicyclic) bond motifs is 1. The van der Waals surface area contributed by atoms with Gasteiger partial charge in [0.25, 0.3) is 17.7 Å². The fraction of sp³-hybridized carbons (Fsp3) is 0.450. The molecule has 32 heavy (non-hydrogen) atoms. The van der Waals surface area contributed by atoms with Crippen LogP contribution in [0.3, 0.4) is 0 Å². The molecule has 2 aliphatic rings. The largest absolute Gasteiger partial charge is 0.482 e. The van der Waals surface area contributed by atoms with Crippen LogP contribution in [0.15, 0.2) is 18.3 Å². The molecule has 2 aliphatic heterocycles. The van der Waals surface area contributed by atoms with E-state index in [2.05, 4.69) is 20.7 Å². The average molecular weight is 467 g/mol. The van der Waals surface area contributed by atoms with E-state index in [1.807, 2.05) is 13.8 Å². The van der Waals surface area contributed by atoms with E-state index < -0.39 is 35.6 Å². The molecule has 0 aliphatic carbocycles. The van der Waals surface area contributed by atoms with Crippen LogP contribution in [0.2, 0.25) is 0 Å². The molecule has 12 heteroatoms. The highest BCUT2D eigenvalue weighted by molar-refractivity contribution is 6.27. The Balaban J connectivity index is 2.17. The van der Waals surface area contributed by atoms with Crippen molar-refractivity contribution in [1.29, 1.82) is 0 Å². The van der Waals surface area contributed by atoms with Gasteiger partial charge >= 0.3 is 0 Å². The van der Waals surface area contributed by atoms with Crippen LogP contribution in [-0.4, -0.2) is 64.2 Å². The minimum absolute atomic E-state index is 0.0550. The van der Waals surface area contributed by atoms with E-state index in [0.29, 0.717) is 23.6 Å². The lowest BCUT2D eigenvalue weighted by molar-refractivity contribution is -0.141. The molecular weight excluding hydrogens is 440 g/mol. The molecule has 174 valence electrons. The van der Waals surface area contributed by atoms with Crippen molar-refractivity contribution in [2.45, 2.75) is 32.7 Å². The number of hydrazine groups is 1. The lowest BCUT2D eigenvalue weighted by atomic mass is 10.0. The minimum Gasteiger partial charge on any atom is -0.482 e. The summed E-state index contributed by atoms with van der Waals surface area (Å²) in [6, 6.07) is 2.33. The van der Waals surface area contributed by atoms with Gasteiger partial charge in [-0.3, -0.25) is 29.6 Å². The van der Waals surface area contributed by atoms with Gasteiger partial charge in [-0.25, -0.2) is 4.98 Å². The standard InChI is InChI=1S/C20H27ClN6O5/c1-11(2)6-13(20(31)26-27(18(29)9-21)5-4-16(22)28)25-19(30)14-7-12-8-17(32-3)23-10-15(12)24-14/h7-8,10-11,13,23H,4-6,9H2,1-3H3,(H2,22,28)(H,25,30)(H,26,31)/t13-/m1/s1. The Hall–Kier alpha value is -3.34. The maximum atomic E-state index is 12.9. The number of aromatic nitrogens is 2. The van der Waals surface area contributed by atoms with Gasteiger partial charge in [-0.2, -0.15) is 0 Å². The first-order valence-electron chi connectivity index (χ1n) is 9.93. The lowest BCUT2D eigenvalue weighted by Crippen LogP contribution is -2.55. The van der Waals surface area contributed by atoms with Crippen LogP contribution in [-0.2, 0) is 14.4 Å². The highest BCUT2D eigenvalue weighted by Crippen LogP contribution is 2.25. The number of aromatic amines is 1. The third kappa shape index (κ3) is 6.84. The summed E-state index contributed by atoms with van der Waals surface area (Å²) in [7, 11) is 1.51. The molecular formula is C20H27ClN6O5. The van der Waals surface area contributed by atoms with Gasteiger partial charge in [0, 0.05) is 24.2 Å². The lowest BCUT2D eigenvalue weighted by Gasteiger charge is -2.26. The van der Waals surface area contributed by atoms with Crippen molar-refractivity contribution in [2.24, 2.45) is 11.7 Å². The molecule has 2 heterocycles. The monoisotopic (exact) mass is 466 g/mol. The molecule has 0 aromatic rings. The number of amides is 4. The number of carbonyl (C=O) groups excluding carboxylic acids is 4. The van der Waals surface area contributed by atoms with Gasteiger partial charge in [0.15, 0.2) is 5.88 Å². The molecule has 2 rings (SSSR count). The molecule has 0 aromatic heterocycles. The summed E-state index contributed by atoms with van der Waals surface area (Å²) in [5.41, 5.74) is 8.93. The second-order valence-corrected chi connectivity index (χ2v) is 7.78. The number of hydrogen-bond donors (Lipinski definition) is 4. The molecule has 1 atom stereocenters. The summed E-state index contributed by atoms with van der Waals surface area (Å²) < 4.78 is 5.12. The number of halogens is 1. The number of H-pyrrole nitrogens is 1. The SMILES string of the molecule is COc1cc2cc(C(=O)N[C@H](CC(C)C)C(=O)NN(CCC(N)=O)C(=O)CCl)nc-2c[nH]1. The summed E-state index contributed by atoms with van der Waals surface area (Å²) in [6.45, 7) is 3.64. The summed E-state index contributed by atoms with van der Waals surface area (Å²) in [4.78, 5) is 55.9. The second-order valence-electron chi connectivity index (χ2n) is 7.51. The Morgan fingerprint density at radius 3 is 2.59 bits per heavy atom. The third-order valence-corrected chi connectivity index (χ3v) is 4.72. The van der Waals surface area contributed by atoms with Gasteiger partial charge in [0.2, 0.25) is 5.91 Å². The molecule has 4 amide bonds. The average Bonchev–Trinajstić information content (AvgIpc) is 3.18. The number of carbonyl (C=O) groups is 4. The van der Waals surface area contributed by atoms with Crippen molar-refractivity contribution in [3.05, 3.63) is 24.0 Å². The zero-order valence-electron chi connectivity index (χ0n) is 18.1. The van der Waals surface area contributed by atoms with Crippen molar-refractivity contribution >= 4 is 35.2 Å². The van der Waals surface area contributed by atoms with E-state index >= 15 is 0 Å². The Labute approximate surface area is 190 Å². The summed E-state index contributed by atoms with van der Waals surface area (Å²) in [5.74, 6) is -2.25. The summed E-state index contributed by atoms with van der Waals surface area (Å²) in [5, 5.41) is 3.59. The molecule has 0 unspecified atom stereocenters. The summed E-state index contributed by atoms with van der Waals surface area (Å²) >= 11 is 5.59. The highest BCUT2D eigenvalue weighted by atomic mass is 35.5. The predicted octanol–water partition coefficient (Wildman–Crippen LogP) is 0.642. The van der Waals surface area contributed by atoms with Crippen LogP contribution in [0.4, 0.5) is 0 Å². The molecule has 0 saturated heterocycles. The van der Waals surface area contributed by atoms with E-state index in [1.54, 1.807) is 18.3 Å². The molecule has 0 saturated carbocycles. The minimum atomic E-state index is -0.956. The van der Waals surface area contributed by atoms with Crippen molar-refractivity contribution in [1.82, 2.24) is 25.7 Å². The topological polar surface area (TPSA) is 160 Å². The number of ether oxygens (including phenoxy) is 1. The number of nitrogens with zero attached hydrogens (tertiary/aromatic N) is 2. The van der Waals surface area contributed by atoms with Gasteiger partial charge in [0.05, 0.1) is 19.3 Å². The highest BCUT2D eigenvalue weighted by Gasteiger charge is 2.27. The van der Waals surface area contributed by atoms with E-state index in [9.17, 15) is 19.2 Å². The summed E-state index contributed by atoms with van der Waals surface area (Å²) in [6.07, 6.45) is 1.75. The van der Waals surface area contributed by atoms with E-state index in [0.717, 1.165) is 5.01 Å². The van der Waals surface area contributed by atoms with Crippen LogP contribution < -0.4 is 21.2 Å². The number of nitrogens with two attached hydrogens (primary N) is 1. The molecule has 0 radical (unpaired) electrons. The van der Waals surface area contributed by atoms with Crippen molar-refractivity contribution in [2.75, 3.05) is 19.5 Å². The van der Waals surface area contributed by atoms with Crippen LogP contribution in [0, 0.1) is 5.92 Å². The molecule has 11 nitrogen and oxygen atoms in total. The number of nitrogens with one attached hydrogen (secondary N) is 3.